The van der Waals surface area contributed by atoms with Gasteiger partial charge in [0, 0.05) is 19.1 Å². The van der Waals surface area contributed by atoms with Gasteiger partial charge in [0.15, 0.2) is 5.11 Å². The van der Waals surface area contributed by atoms with Crippen LogP contribution in [-0.4, -0.2) is 29.3 Å². The number of piperidine rings is 1. The Morgan fingerprint density at radius 3 is 2.53 bits per heavy atom. The second kappa shape index (κ2) is 5.11. The van der Waals surface area contributed by atoms with E-state index in [4.69, 9.17) is 12.2 Å². The van der Waals surface area contributed by atoms with Crippen molar-refractivity contribution in [2.75, 3.05) is 13.1 Å². The lowest BCUT2D eigenvalue weighted by atomic mass is 9.96. The fourth-order valence-corrected chi connectivity index (χ4v) is 4.05. The standard InChI is InChI=1S/C13H23N3S/c17-13(15-16-6-2-1-3-7-16)14-12-9-10-4-5-11(12)8-10/h10-12H,1-9H2,(H2,14,15,17)/t10-,11-,12-/m1/s1. The van der Waals surface area contributed by atoms with Gasteiger partial charge >= 0.3 is 0 Å². The maximum Gasteiger partial charge on any atom is 0.181 e. The average Bonchev–Trinajstić information content (AvgIpc) is 2.92. The van der Waals surface area contributed by atoms with Crippen LogP contribution in [0.2, 0.25) is 0 Å². The molecule has 4 heteroatoms. The Bertz CT molecular complexity index is 288. The molecule has 0 aromatic heterocycles. The van der Waals surface area contributed by atoms with Crippen LogP contribution in [0.5, 0.6) is 0 Å². The van der Waals surface area contributed by atoms with Crippen molar-refractivity contribution in [1.29, 1.82) is 0 Å². The molecule has 17 heavy (non-hydrogen) atoms. The molecule has 3 fully saturated rings. The van der Waals surface area contributed by atoms with E-state index in [0.717, 1.165) is 30.0 Å². The lowest BCUT2D eigenvalue weighted by Gasteiger charge is -2.30. The van der Waals surface area contributed by atoms with Gasteiger partial charge in [0.1, 0.15) is 0 Å². The molecule has 2 aliphatic carbocycles. The van der Waals surface area contributed by atoms with E-state index in [-0.39, 0.29) is 0 Å². The van der Waals surface area contributed by atoms with Gasteiger partial charge in [-0.25, -0.2) is 5.01 Å². The highest BCUT2D eigenvalue weighted by molar-refractivity contribution is 7.80. The summed E-state index contributed by atoms with van der Waals surface area (Å²) in [5.74, 6) is 1.87. The monoisotopic (exact) mass is 253 g/mol. The molecular weight excluding hydrogens is 230 g/mol. The minimum atomic E-state index is 0.651. The van der Waals surface area contributed by atoms with Crippen molar-refractivity contribution in [2.24, 2.45) is 11.8 Å². The molecule has 0 radical (unpaired) electrons. The third-order valence-electron chi connectivity index (χ3n) is 4.67. The third-order valence-corrected chi connectivity index (χ3v) is 4.88. The van der Waals surface area contributed by atoms with E-state index in [1.165, 1.54) is 44.9 Å². The molecule has 0 spiro atoms. The fraction of sp³-hybridized carbons (Fsp3) is 0.923. The highest BCUT2D eigenvalue weighted by Gasteiger charge is 2.39. The molecule has 1 aliphatic heterocycles. The number of nitrogens with one attached hydrogen (secondary N) is 2. The van der Waals surface area contributed by atoms with E-state index in [0.29, 0.717) is 6.04 Å². The van der Waals surface area contributed by atoms with Crippen LogP contribution in [0.3, 0.4) is 0 Å². The highest BCUT2D eigenvalue weighted by atomic mass is 32.1. The topological polar surface area (TPSA) is 27.3 Å². The molecule has 1 saturated heterocycles. The van der Waals surface area contributed by atoms with Crippen molar-refractivity contribution in [3.8, 4) is 0 Å². The second-order valence-electron chi connectivity index (χ2n) is 5.91. The van der Waals surface area contributed by atoms with Gasteiger partial charge in [-0.15, -0.1) is 0 Å². The van der Waals surface area contributed by atoms with E-state index in [1.807, 2.05) is 0 Å². The second-order valence-corrected chi connectivity index (χ2v) is 6.32. The summed E-state index contributed by atoms with van der Waals surface area (Å²) in [6, 6.07) is 0.651. The number of hydrazine groups is 1. The van der Waals surface area contributed by atoms with Crippen molar-refractivity contribution >= 4 is 17.3 Å². The van der Waals surface area contributed by atoms with Gasteiger partial charge in [0.25, 0.3) is 0 Å². The largest absolute Gasteiger partial charge is 0.359 e. The van der Waals surface area contributed by atoms with E-state index in [1.54, 1.807) is 0 Å². The molecule has 0 aromatic rings. The van der Waals surface area contributed by atoms with Crippen molar-refractivity contribution in [1.82, 2.24) is 15.8 Å². The summed E-state index contributed by atoms with van der Waals surface area (Å²) in [4.78, 5) is 0. The average molecular weight is 253 g/mol. The predicted octanol–water partition coefficient (Wildman–Crippen LogP) is 2.04. The Morgan fingerprint density at radius 1 is 1.06 bits per heavy atom. The summed E-state index contributed by atoms with van der Waals surface area (Å²) in [6.45, 7) is 2.27. The fourth-order valence-electron chi connectivity index (χ4n) is 3.77. The molecule has 2 bridgehead atoms. The quantitative estimate of drug-likeness (QED) is 0.737. The molecular formula is C13H23N3S. The van der Waals surface area contributed by atoms with Crippen molar-refractivity contribution < 1.29 is 0 Å². The number of hydrogen-bond acceptors (Lipinski definition) is 2. The Morgan fingerprint density at radius 2 is 1.88 bits per heavy atom. The van der Waals surface area contributed by atoms with Gasteiger partial charge in [-0.3, -0.25) is 5.43 Å². The van der Waals surface area contributed by atoms with Crippen LogP contribution in [0.4, 0.5) is 0 Å². The lowest BCUT2D eigenvalue weighted by molar-refractivity contribution is 0.192. The van der Waals surface area contributed by atoms with Crippen LogP contribution in [-0.2, 0) is 0 Å². The van der Waals surface area contributed by atoms with Crippen LogP contribution in [0.1, 0.15) is 44.9 Å². The van der Waals surface area contributed by atoms with E-state index < -0.39 is 0 Å². The van der Waals surface area contributed by atoms with Gasteiger partial charge in [-0.2, -0.15) is 0 Å². The number of fused-ring (bicyclic) bond motifs is 2. The van der Waals surface area contributed by atoms with Gasteiger partial charge in [-0.05, 0) is 56.2 Å². The summed E-state index contributed by atoms with van der Waals surface area (Å²) in [5, 5.41) is 6.66. The molecule has 2 N–H and O–H groups in total. The first-order valence-electron chi connectivity index (χ1n) is 7.13. The Hall–Kier alpha value is -0.350. The Balaban J connectivity index is 1.44. The van der Waals surface area contributed by atoms with Crippen molar-refractivity contribution in [2.45, 2.75) is 51.0 Å². The normalized spacial score (nSPS) is 37.1. The maximum atomic E-state index is 5.42. The van der Waals surface area contributed by atoms with Crippen LogP contribution >= 0.6 is 12.2 Å². The van der Waals surface area contributed by atoms with Crippen LogP contribution < -0.4 is 10.7 Å². The van der Waals surface area contributed by atoms with E-state index in [2.05, 4.69) is 15.8 Å². The highest BCUT2D eigenvalue weighted by Crippen LogP contribution is 2.44. The lowest BCUT2D eigenvalue weighted by Crippen LogP contribution is -2.52. The molecule has 3 atom stereocenters. The summed E-state index contributed by atoms with van der Waals surface area (Å²) in [6.07, 6.45) is 9.60. The van der Waals surface area contributed by atoms with Crippen LogP contribution in [0.25, 0.3) is 0 Å². The molecule has 1 heterocycles. The Labute approximate surface area is 109 Å². The zero-order valence-corrected chi connectivity index (χ0v) is 11.3. The first-order valence-corrected chi connectivity index (χ1v) is 7.54. The zero-order valence-electron chi connectivity index (χ0n) is 10.5. The van der Waals surface area contributed by atoms with Crippen LogP contribution in [0.15, 0.2) is 0 Å². The first kappa shape index (κ1) is 11.7. The summed E-state index contributed by atoms with van der Waals surface area (Å²) in [7, 11) is 0. The first-order chi connectivity index (χ1) is 8.31. The Kier molecular flexibility index (Phi) is 3.52. The third kappa shape index (κ3) is 2.74. The van der Waals surface area contributed by atoms with E-state index in [9.17, 15) is 0 Å². The molecule has 0 amide bonds. The SMILES string of the molecule is S=C(N[C@@H]1C[C@@H]2CC[C@@H]1C2)NN1CCCCC1. The maximum absolute atomic E-state index is 5.42. The number of nitrogens with zero attached hydrogens (tertiary/aromatic N) is 1. The summed E-state index contributed by atoms with van der Waals surface area (Å²) < 4.78 is 0. The molecule has 2 saturated carbocycles. The predicted molar refractivity (Wildman–Crippen MR) is 73.5 cm³/mol. The summed E-state index contributed by atoms with van der Waals surface area (Å²) in [5.41, 5.74) is 3.36. The van der Waals surface area contributed by atoms with Crippen LogP contribution in [0, 0.1) is 11.8 Å². The number of rotatable bonds is 2. The number of thiocarbonyl (C=S) groups is 1. The van der Waals surface area contributed by atoms with Crippen molar-refractivity contribution in [3.05, 3.63) is 0 Å². The number of hydrogen-bond donors (Lipinski definition) is 2. The minimum Gasteiger partial charge on any atom is -0.359 e. The van der Waals surface area contributed by atoms with Crippen molar-refractivity contribution in [3.63, 3.8) is 0 Å². The molecule has 0 aromatic carbocycles. The minimum absolute atomic E-state index is 0.651. The summed E-state index contributed by atoms with van der Waals surface area (Å²) >= 11 is 5.42. The van der Waals surface area contributed by atoms with E-state index >= 15 is 0 Å². The van der Waals surface area contributed by atoms with Gasteiger partial charge < -0.3 is 5.32 Å². The molecule has 3 rings (SSSR count). The molecule has 3 aliphatic rings. The zero-order chi connectivity index (χ0) is 11.7. The molecule has 3 nitrogen and oxygen atoms in total. The van der Waals surface area contributed by atoms with Gasteiger partial charge in [0.2, 0.25) is 0 Å². The molecule has 96 valence electrons. The molecule has 0 unspecified atom stereocenters. The smallest absolute Gasteiger partial charge is 0.181 e. The van der Waals surface area contributed by atoms with Gasteiger partial charge in [-0.1, -0.05) is 12.8 Å². The van der Waals surface area contributed by atoms with Gasteiger partial charge in [0.05, 0.1) is 0 Å².